The second-order valence-electron chi connectivity index (χ2n) is 6.67. The monoisotopic (exact) mass is 491 g/mol. The van der Waals surface area contributed by atoms with E-state index >= 15 is 0 Å². The van der Waals surface area contributed by atoms with Gasteiger partial charge in [0, 0.05) is 25.3 Å². The van der Waals surface area contributed by atoms with Crippen molar-refractivity contribution in [1.29, 1.82) is 0 Å². The van der Waals surface area contributed by atoms with Crippen molar-refractivity contribution in [2.24, 2.45) is 4.99 Å². The van der Waals surface area contributed by atoms with Crippen molar-refractivity contribution in [3.63, 3.8) is 0 Å². The molecule has 1 unspecified atom stereocenters. The Kier molecular flexibility index (Phi) is 11.5. The third-order valence-corrected chi connectivity index (χ3v) is 4.42. The van der Waals surface area contributed by atoms with Gasteiger partial charge in [-0.1, -0.05) is 12.1 Å². The SMILES string of the molecule is CCNC(=NCc1cccc(OC)c1OC1CCCC1)NC(C)COC.I. The molecule has 1 fully saturated rings. The second kappa shape index (κ2) is 13.0. The minimum atomic E-state index is 0. The number of halogens is 1. The van der Waals surface area contributed by atoms with Crippen LogP contribution in [0.2, 0.25) is 0 Å². The van der Waals surface area contributed by atoms with Crippen molar-refractivity contribution in [2.75, 3.05) is 27.4 Å². The molecule has 0 aliphatic heterocycles. The molecule has 6 nitrogen and oxygen atoms in total. The van der Waals surface area contributed by atoms with Crippen LogP contribution in [0.5, 0.6) is 11.5 Å². The van der Waals surface area contributed by atoms with Crippen LogP contribution in [0.3, 0.4) is 0 Å². The number of hydrogen-bond donors (Lipinski definition) is 2. The maximum Gasteiger partial charge on any atom is 0.191 e. The van der Waals surface area contributed by atoms with E-state index in [9.17, 15) is 0 Å². The number of rotatable bonds is 9. The standard InChI is InChI=1S/C20H33N3O3.HI/c1-5-21-20(23-15(2)14-24-3)22-13-16-9-8-12-18(25-4)19(16)26-17-10-6-7-11-17;/h8-9,12,15,17H,5-7,10-11,13-14H2,1-4H3,(H2,21,22,23);1H. The normalized spacial score (nSPS) is 15.8. The molecule has 0 spiro atoms. The van der Waals surface area contributed by atoms with Crippen molar-refractivity contribution in [1.82, 2.24) is 10.6 Å². The lowest BCUT2D eigenvalue weighted by molar-refractivity contribution is 0.179. The van der Waals surface area contributed by atoms with E-state index in [0.29, 0.717) is 13.2 Å². The molecule has 2 rings (SSSR count). The summed E-state index contributed by atoms with van der Waals surface area (Å²) in [6.45, 7) is 6.07. The van der Waals surface area contributed by atoms with Crippen LogP contribution < -0.4 is 20.1 Å². The third-order valence-electron chi connectivity index (χ3n) is 4.42. The van der Waals surface area contributed by atoms with Gasteiger partial charge in [0.05, 0.1) is 26.4 Å². The lowest BCUT2D eigenvalue weighted by Crippen LogP contribution is -2.43. The Morgan fingerprint density at radius 2 is 2.00 bits per heavy atom. The molecule has 1 aliphatic rings. The highest BCUT2D eigenvalue weighted by Crippen LogP contribution is 2.35. The van der Waals surface area contributed by atoms with Gasteiger partial charge in [-0.15, -0.1) is 24.0 Å². The number of guanidine groups is 1. The van der Waals surface area contributed by atoms with Crippen molar-refractivity contribution < 1.29 is 14.2 Å². The van der Waals surface area contributed by atoms with Gasteiger partial charge in [-0.05, 0) is 45.6 Å². The van der Waals surface area contributed by atoms with Crippen LogP contribution in [0.25, 0.3) is 0 Å². The van der Waals surface area contributed by atoms with Gasteiger partial charge in [-0.3, -0.25) is 0 Å². The minimum absolute atomic E-state index is 0. The Labute approximate surface area is 180 Å². The molecule has 2 N–H and O–H groups in total. The van der Waals surface area contributed by atoms with Crippen LogP contribution in [0, 0.1) is 0 Å². The molecule has 0 radical (unpaired) electrons. The summed E-state index contributed by atoms with van der Waals surface area (Å²) in [4.78, 5) is 4.72. The molecule has 27 heavy (non-hydrogen) atoms. The summed E-state index contributed by atoms with van der Waals surface area (Å²) < 4.78 is 17.0. The third kappa shape index (κ3) is 7.73. The van der Waals surface area contributed by atoms with Crippen LogP contribution in [0.15, 0.2) is 23.2 Å². The fraction of sp³-hybridized carbons (Fsp3) is 0.650. The average molecular weight is 491 g/mol. The first kappa shape index (κ1) is 23.8. The highest BCUT2D eigenvalue weighted by Gasteiger charge is 2.20. The number of aliphatic imine (C=N–C) groups is 1. The number of nitrogens with zero attached hydrogens (tertiary/aromatic N) is 1. The highest BCUT2D eigenvalue weighted by atomic mass is 127. The molecule has 1 aromatic rings. The molecule has 1 aromatic carbocycles. The lowest BCUT2D eigenvalue weighted by atomic mass is 10.1. The molecule has 0 saturated heterocycles. The highest BCUT2D eigenvalue weighted by molar-refractivity contribution is 14.0. The van der Waals surface area contributed by atoms with Gasteiger partial charge in [-0.25, -0.2) is 4.99 Å². The van der Waals surface area contributed by atoms with Gasteiger partial charge < -0.3 is 24.8 Å². The van der Waals surface area contributed by atoms with Gasteiger partial charge in [0.15, 0.2) is 17.5 Å². The van der Waals surface area contributed by atoms with Crippen molar-refractivity contribution in [3.8, 4) is 11.5 Å². The lowest BCUT2D eigenvalue weighted by Gasteiger charge is -2.20. The molecule has 0 bridgehead atoms. The van der Waals surface area contributed by atoms with Crippen LogP contribution in [-0.2, 0) is 11.3 Å². The summed E-state index contributed by atoms with van der Waals surface area (Å²) in [7, 11) is 3.38. The first-order valence-corrected chi connectivity index (χ1v) is 9.54. The number of methoxy groups -OCH3 is 2. The maximum absolute atomic E-state index is 6.29. The number of benzene rings is 1. The Hall–Kier alpha value is -1.22. The molecule has 7 heteroatoms. The maximum atomic E-state index is 6.29. The second-order valence-corrected chi connectivity index (χ2v) is 6.67. The van der Waals surface area contributed by atoms with Crippen LogP contribution in [-0.4, -0.2) is 45.5 Å². The van der Waals surface area contributed by atoms with E-state index in [1.54, 1.807) is 14.2 Å². The van der Waals surface area contributed by atoms with Gasteiger partial charge in [0.1, 0.15) is 0 Å². The fourth-order valence-electron chi connectivity index (χ4n) is 3.16. The smallest absolute Gasteiger partial charge is 0.191 e. The molecule has 1 aliphatic carbocycles. The molecule has 0 aromatic heterocycles. The summed E-state index contributed by atoms with van der Waals surface area (Å²) in [5, 5.41) is 6.63. The zero-order valence-corrected chi connectivity index (χ0v) is 19.2. The molecule has 0 heterocycles. The zero-order valence-electron chi connectivity index (χ0n) is 16.9. The van der Waals surface area contributed by atoms with E-state index in [4.69, 9.17) is 19.2 Å². The van der Waals surface area contributed by atoms with Crippen molar-refractivity contribution >= 4 is 29.9 Å². The van der Waals surface area contributed by atoms with Crippen LogP contribution >= 0.6 is 24.0 Å². The number of nitrogens with one attached hydrogen (secondary N) is 2. The van der Waals surface area contributed by atoms with E-state index in [1.807, 2.05) is 12.1 Å². The molecule has 0 amide bonds. The zero-order chi connectivity index (χ0) is 18.8. The number of ether oxygens (including phenoxy) is 3. The predicted molar refractivity (Wildman–Crippen MR) is 121 cm³/mol. The fourth-order valence-corrected chi connectivity index (χ4v) is 3.16. The van der Waals surface area contributed by atoms with Gasteiger partial charge >= 0.3 is 0 Å². The Morgan fingerprint density at radius 1 is 1.26 bits per heavy atom. The molecular weight excluding hydrogens is 457 g/mol. The topological polar surface area (TPSA) is 64.1 Å². The van der Waals surface area contributed by atoms with Crippen LogP contribution in [0.4, 0.5) is 0 Å². The van der Waals surface area contributed by atoms with Gasteiger partial charge in [-0.2, -0.15) is 0 Å². The van der Waals surface area contributed by atoms with Gasteiger partial charge in [0.25, 0.3) is 0 Å². The van der Waals surface area contributed by atoms with E-state index in [1.165, 1.54) is 12.8 Å². The van der Waals surface area contributed by atoms with Gasteiger partial charge in [0.2, 0.25) is 0 Å². The summed E-state index contributed by atoms with van der Waals surface area (Å²) in [6, 6.07) is 6.16. The van der Waals surface area contributed by atoms with Crippen molar-refractivity contribution in [3.05, 3.63) is 23.8 Å². The molecule has 154 valence electrons. The summed E-state index contributed by atoms with van der Waals surface area (Å²) in [6.07, 6.45) is 4.97. The predicted octanol–water partition coefficient (Wildman–Crippen LogP) is 3.72. The Balaban J connectivity index is 0.00000364. The van der Waals surface area contributed by atoms with E-state index in [-0.39, 0.29) is 36.1 Å². The minimum Gasteiger partial charge on any atom is -0.493 e. The average Bonchev–Trinajstić information content (AvgIpc) is 3.14. The summed E-state index contributed by atoms with van der Waals surface area (Å²) in [5.41, 5.74) is 1.04. The van der Waals surface area contributed by atoms with E-state index in [2.05, 4.69) is 30.5 Å². The number of hydrogen-bond acceptors (Lipinski definition) is 4. The molecular formula is C20H34IN3O3. The van der Waals surface area contributed by atoms with Crippen molar-refractivity contribution in [2.45, 2.75) is 58.2 Å². The van der Waals surface area contributed by atoms with E-state index in [0.717, 1.165) is 42.4 Å². The summed E-state index contributed by atoms with van der Waals surface area (Å²) in [5.74, 6) is 2.37. The quantitative estimate of drug-likeness (QED) is 0.313. The largest absolute Gasteiger partial charge is 0.493 e. The molecule has 1 saturated carbocycles. The Morgan fingerprint density at radius 3 is 2.63 bits per heavy atom. The Bertz CT molecular complexity index is 578. The van der Waals surface area contributed by atoms with Crippen LogP contribution in [0.1, 0.15) is 45.1 Å². The summed E-state index contributed by atoms with van der Waals surface area (Å²) >= 11 is 0. The first-order chi connectivity index (χ1) is 12.7. The van der Waals surface area contributed by atoms with E-state index < -0.39 is 0 Å². The number of para-hydroxylation sites is 1. The molecule has 1 atom stereocenters. The first-order valence-electron chi connectivity index (χ1n) is 9.54.